The van der Waals surface area contributed by atoms with Crippen molar-refractivity contribution in [3.05, 3.63) is 72.3 Å². The van der Waals surface area contributed by atoms with Gasteiger partial charge >= 0.3 is 0 Å². The van der Waals surface area contributed by atoms with Crippen molar-refractivity contribution in [2.24, 2.45) is 0 Å². The fraction of sp³-hybridized carbons (Fsp3) is 0.259. The Bertz CT molecular complexity index is 1650. The van der Waals surface area contributed by atoms with Crippen molar-refractivity contribution in [2.45, 2.75) is 19.5 Å². The molecule has 0 aliphatic carbocycles. The molecule has 1 aliphatic heterocycles. The second-order valence-electron chi connectivity index (χ2n) is 9.73. The van der Waals surface area contributed by atoms with E-state index in [0.717, 1.165) is 35.9 Å². The summed E-state index contributed by atoms with van der Waals surface area (Å²) < 4.78 is 7.43. The average molecular weight is 525 g/mol. The van der Waals surface area contributed by atoms with Crippen LogP contribution in [0.15, 0.2) is 59.6 Å². The average Bonchev–Trinajstić information content (AvgIpc) is 3.56. The summed E-state index contributed by atoms with van der Waals surface area (Å²) in [5, 5.41) is 2.89. The Morgan fingerprint density at radius 1 is 1.13 bits per heavy atom. The van der Waals surface area contributed by atoms with Crippen LogP contribution in [0.25, 0.3) is 28.5 Å². The minimum absolute atomic E-state index is 0.00970. The molecular weight excluding hydrogens is 496 g/mol. The Morgan fingerprint density at radius 2 is 1.97 bits per heavy atom. The smallest absolute Gasteiger partial charge is 0.274 e. The number of aryl methyl sites for hydroxylation is 1. The third-order valence-electron chi connectivity index (χ3n) is 6.88. The van der Waals surface area contributed by atoms with E-state index in [1.54, 1.807) is 6.20 Å². The number of nitrogens with two attached hydrogens (primary N) is 1. The number of fused-ring (bicyclic) bond motifs is 1. The SMILES string of the molecule is Cc1cnc2ccc(-c3nc(C(=O)NCc4cccc(N5CC(N(C)C)C5)n4)c(N)nc3-c3ncco3)cn12. The zero-order valence-electron chi connectivity index (χ0n) is 21.9. The van der Waals surface area contributed by atoms with E-state index in [1.165, 1.54) is 12.5 Å². The van der Waals surface area contributed by atoms with Crippen molar-refractivity contribution < 1.29 is 9.21 Å². The summed E-state index contributed by atoms with van der Waals surface area (Å²) >= 11 is 0. The number of likely N-dealkylation sites (N-methyl/N-ethyl adjacent to an activating group) is 1. The van der Waals surface area contributed by atoms with Gasteiger partial charge in [-0.1, -0.05) is 6.07 Å². The van der Waals surface area contributed by atoms with Gasteiger partial charge in [0.1, 0.15) is 23.4 Å². The van der Waals surface area contributed by atoms with Crippen LogP contribution < -0.4 is 16.0 Å². The number of carbonyl (C=O) groups is 1. The molecular formula is C27H28N10O2. The van der Waals surface area contributed by atoms with Crippen LogP contribution in [0.3, 0.4) is 0 Å². The van der Waals surface area contributed by atoms with Gasteiger partial charge < -0.3 is 29.7 Å². The third kappa shape index (κ3) is 4.66. The summed E-state index contributed by atoms with van der Waals surface area (Å²) in [6.45, 7) is 4.02. The number of rotatable bonds is 7. The molecule has 1 aliphatic rings. The van der Waals surface area contributed by atoms with Gasteiger partial charge in [0.25, 0.3) is 5.91 Å². The Labute approximate surface area is 224 Å². The number of oxazole rings is 1. The highest BCUT2D eigenvalue weighted by molar-refractivity contribution is 5.97. The number of carbonyl (C=O) groups excluding carboxylic acids is 1. The van der Waals surface area contributed by atoms with Crippen molar-refractivity contribution in [1.29, 1.82) is 0 Å². The lowest BCUT2D eigenvalue weighted by Crippen LogP contribution is -2.57. The molecule has 1 saturated heterocycles. The number of hydrogen-bond acceptors (Lipinski definition) is 10. The largest absolute Gasteiger partial charge is 0.443 e. The van der Waals surface area contributed by atoms with Gasteiger partial charge in [0.05, 0.1) is 18.4 Å². The van der Waals surface area contributed by atoms with E-state index in [1.807, 2.05) is 47.9 Å². The zero-order chi connectivity index (χ0) is 27.1. The number of anilines is 2. The molecule has 12 heteroatoms. The molecule has 198 valence electrons. The summed E-state index contributed by atoms with van der Waals surface area (Å²) in [7, 11) is 4.16. The molecule has 6 heterocycles. The third-order valence-corrected chi connectivity index (χ3v) is 6.88. The van der Waals surface area contributed by atoms with E-state index in [9.17, 15) is 4.79 Å². The van der Waals surface area contributed by atoms with Gasteiger partial charge in [-0.05, 0) is 45.3 Å². The maximum atomic E-state index is 13.3. The lowest BCUT2D eigenvalue weighted by molar-refractivity contribution is 0.0946. The van der Waals surface area contributed by atoms with Gasteiger partial charge in [0.15, 0.2) is 17.2 Å². The molecule has 0 bridgehead atoms. The first kappa shape index (κ1) is 24.5. The molecule has 1 fully saturated rings. The fourth-order valence-corrected chi connectivity index (χ4v) is 4.51. The fourth-order valence-electron chi connectivity index (χ4n) is 4.51. The minimum atomic E-state index is -0.455. The normalized spacial score (nSPS) is 13.7. The topological polar surface area (TPSA) is 144 Å². The summed E-state index contributed by atoms with van der Waals surface area (Å²) in [5.41, 5.74) is 10.2. The molecule has 39 heavy (non-hydrogen) atoms. The van der Waals surface area contributed by atoms with Crippen LogP contribution in [0.2, 0.25) is 0 Å². The Kier molecular flexibility index (Phi) is 6.15. The zero-order valence-corrected chi connectivity index (χ0v) is 21.9. The number of imidazole rings is 1. The molecule has 0 aromatic carbocycles. The number of nitrogens with zero attached hydrogens (tertiary/aromatic N) is 8. The summed E-state index contributed by atoms with van der Waals surface area (Å²) in [6, 6.07) is 10.1. The van der Waals surface area contributed by atoms with Gasteiger partial charge in [-0.2, -0.15) is 0 Å². The van der Waals surface area contributed by atoms with Crippen LogP contribution in [0, 0.1) is 6.92 Å². The van der Waals surface area contributed by atoms with Crippen molar-refractivity contribution in [3.8, 4) is 22.8 Å². The van der Waals surface area contributed by atoms with Crippen LogP contribution in [0.5, 0.6) is 0 Å². The number of nitrogen functional groups attached to an aromatic ring is 1. The first-order valence-corrected chi connectivity index (χ1v) is 12.5. The van der Waals surface area contributed by atoms with E-state index < -0.39 is 5.91 Å². The first-order chi connectivity index (χ1) is 18.9. The molecule has 0 unspecified atom stereocenters. The lowest BCUT2D eigenvalue weighted by atomic mass is 10.1. The van der Waals surface area contributed by atoms with Crippen LogP contribution >= 0.6 is 0 Å². The van der Waals surface area contributed by atoms with Gasteiger partial charge in [-0.25, -0.2) is 24.9 Å². The number of aromatic nitrogens is 6. The standard InChI is InChI=1S/C27H28N10O2/c1-16-11-30-20-8-7-17(13-37(16)20)22-23(27-29-9-10-39-27)34-25(28)24(33-22)26(38)31-12-18-5-4-6-21(32-18)36-14-19(15-36)35(2)3/h4-11,13,19H,12,14-15H2,1-3H3,(H2,28,34)(H,31,38). The number of nitrogens with one attached hydrogen (secondary N) is 1. The number of pyridine rings is 2. The Morgan fingerprint density at radius 3 is 2.74 bits per heavy atom. The minimum Gasteiger partial charge on any atom is -0.443 e. The molecule has 6 rings (SSSR count). The van der Waals surface area contributed by atoms with Gasteiger partial charge in [-0.3, -0.25) is 4.79 Å². The van der Waals surface area contributed by atoms with E-state index in [0.29, 0.717) is 23.0 Å². The Hall–Kier alpha value is -4.84. The van der Waals surface area contributed by atoms with Crippen LogP contribution in [-0.2, 0) is 6.54 Å². The monoisotopic (exact) mass is 524 g/mol. The quantitative estimate of drug-likeness (QED) is 0.326. The summed E-state index contributed by atoms with van der Waals surface area (Å²) in [6.07, 6.45) is 6.64. The predicted molar refractivity (Wildman–Crippen MR) is 146 cm³/mol. The van der Waals surface area contributed by atoms with Crippen LogP contribution in [-0.4, -0.2) is 73.4 Å². The first-order valence-electron chi connectivity index (χ1n) is 12.5. The molecule has 1 amide bonds. The molecule has 5 aromatic rings. The molecule has 0 radical (unpaired) electrons. The maximum Gasteiger partial charge on any atom is 0.274 e. The predicted octanol–water partition coefficient (Wildman–Crippen LogP) is 2.41. The highest BCUT2D eigenvalue weighted by Gasteiger charge is 2.29. The molecule has 0 saturated carbocycles. The molecule has 0 spiro atoms. The van der Waals surface area contributed by atoms with E-state index in [4.69, 9.17) is 15.1 Å². The molecule has 0 atom stereocenters. The molecule has 3 N–H and O–H groups in total. The van der Waals surface area contributed by atoms with Crippen molar-refractivity contribution >= 4 is 23.2 Å². The second kappa shape index (κ2) is 9.80. The maximum absolute atomic E-state index is 13.3. The van der Waals surface area contributed by atoms with Crippen molar-refractivity contribution in [2.75, 3.05) is 37.8 Å². The van der Waals surface area contributed by atoms with E-state index >= 15 is 0 Å². The van der Waals surface area contributed by atoms with Gasteiger partial charge in [0, 0.05) is 42.8 Å². The number of hydrogen-bond donors (Lipinski definition) is 2. The van der Waals surface area contributed by atoms with E-state index in [-0.39, 0.29) is 23.9 Å². The van der Waals surface area contributed by atoms with E-state index in [2.05, 4.69) is 49.1 Å². The summed E-state index contributed by atoms with van der Waals surface area (Å²) in [4.78, 5) is 40.1. The van der Waals surface area contributed by atoms with Crippen LogP contribution in [0.4, 0.5) is 11.6 Å². The second-order valence-corrected chi connectivity index (χ2v) is 9.73. The molecule has 12 nitrogen and oxygen atoms in total. The highest BCUT2D eigenvalue weighted by atomic mass is 16.3. The lowest BCUT2D eigenvalue weighted by Gasteiger charge is -2.43. The van der Waals surface area contributed by atoms with Crippen molar-refractivity contribution in [3.63, 3.8) is 0 Å². The van der Waals surface area contributed by atoms with Gasteiger partial charge in [-0.15, -0.1) is 0 Å². The van der Waals surface area contributed by atoms with Crippen LogP contribution in [0.1, 0.15) is 21.9 Å². The molecule has 5 aromatic heterocycles. The summed E-state index contributed by atoms with van der Waals surface area (Å²) in [5.74, 6) is 0.661. The highest BCUT2D eigenvalue weighted by Crippen LogP contribution is 2.30. The van der Waals surface area contributed by atoms with Gasteiger partial charge in [0.2, 0.25) is 5.89 Å². The number of amides is 1. The van der Waals surface area contributed by atoms with Crippen molar-refractivity contribution in [1.82, 2.24) is 39.5 Å². The Balaban J connectivity index is 1.27.